The van der Waals surface area contributed by atoms with Crippen molar-refractivity contribution in [3.63, 3.8) is 0 Å². The van der Waals surface area contributed by atoms with E-state index in [9.17, 15) is 9.18 Å². The van der Waals surface area contributed by atoms with Gasteiger partial charge < -0.3 is 11.1 Å². The average Bonchev–Trinajstić information content (AvgIpc) is 2.09. The number of amides is 1. The second-order valence-corrected chi connectivity index (χ2v) is 4.14. The van der Waals surface area contributed by atoms with Crippen LogP contribution >= 0.6 is 0 Å². The first kappa shape index (κ1) is 11.7. The normalized spacial score (nSPS) is 11.3. The number of carbonyl (C=O) groups is 1. The third kappa shape index (κ3) is 3.02. The lowest BCUT2D eigenvalue weighted by Gasteiger charge is -2.18. The fourth-order valence-corrected chi connectivity index (χ4v) is 1.01. The van der Waals surface area contributed by atoms with E-state index in [1.807, 2.05) is 0 Å². The van der Waals surface area contributed by atoms with Crippen LogP contribution in [0.4, 0.5) is 10.1 Å². The van der Waals surface area contributed by atoms with Crippen molar-refractivity contribution in [3.8, 4) is 0 Å². The molecule has 3 nitrogen and oxygen atoms in total. The highest BCUT2D eigenvalue weighted by Crippen LogP contribution is 2.17. The summed E-state index contributed by atoms with van der Waals surface area (Å²) in [5.41, 5.74) is 5.89. The smallest absolute Gasteiger partial charge is 0.243 e. The van der Waals surface area contributed by atoms with Crippen molar-refractivity contribution in [3.05, 3.63) is 29.6 Å². The molecule has 0 radical (unpaired) electrons. The molecular weight excluding hydrogens is 195 g/mol. The Morgan fingerprint density at radius 2 is 2.07 bits per heavy atom. The van der Waals surface area contributed by atoms with Gasteiger partial charge in [0.1, 0.15) is 5.82 Å². The van der Waals surface area contributed by atoms with Gasteiger partial charge in [0.2, 0.25) is 5.91 Å². The number of halogens is 1. The molecule has 1 aromatic rings. The van der Waals surface area contributed by atoms with Crippen molar-refractivity contribution < 1.29 is 9.18 Å². The van der Waals surface area contributed by atoms with E-state index in [0.717, 1.165) is 5.56 Å². The summed E-state index contributed by atoms with van der Waals surface area (Å²) in [6.45, 7) is 4.98. The first-order valence-electron chi connectivity index (χ1n) is 4.67. The maximum absolute atomic E-state index is 12.9. The summed E-state index contributed by atoms with van der Waals surface area (Å²) in [5.74, 6) is -0.720. The molecule has 4 heteroatoms. The van der Waals surface area contributed by atoms with Gasteiger partial charge in [-0.3, -0.25) is 4.79 Å². The summed E-state index contributed by atoms with van der Waals surface area (Å²) >= 11 is 0. The zero-order valence-corrected chi connectivity index (χ0v) is 9.10. The molecule has 15 heavy (non-hydrogen) atoms. The number of nitrogens with one attached hydrogen (secondary N) is 1. The molecule has 0 spiro atoms. The average molecular weight is 210 g/mol. The van der Waals surface area contributed by atoms with Crippen LogP contribution in [0, 0.1) is 12.7 Å². The summed E-state index contributed by atoms with van der Waals surface area (Å²) in [5, 5.41) is 2.59. The number of hydrogen-bond acceptors (Lipinski definition) is 2. The quantitative estimate of drug-likeness (QED) is 0.782. The molecule has 0 bridgehead atoms. The monoisotopic (exact) mass is 210 g/mol. The zero-order chi connectivity index (χ0) is 11.6. The minimum absolute atomic E-state index is 0.337. The molecule has 1 aromatic carbocycles. The van der Waals surface area contributed by atoms with E-state index in [-0.39, 0.29) is 11.7 Å². The van der Waals surface area contributed by atoms with Gasteiger partial charge in [0.05, 0.1) is 5.54 Å². The van der Waals surface area contributed by atoms with Crippen LogP contribution in [0.2, 0.25) is 0 Å². The maximum atomic E-state index is 12.9. The highest BCUT2D eigenvalue weighted by Gasteiger charge is 2.22. The lowest BCUT2D eigenvalue weighted by molar-refractivity contribution is -0.120. The molecule has 0 atom stereocenters. The molecular formula is C11H15FN2O. The van der Waals surface area contributed by atoms with E-state index >= 15 is 0 Å². The molecule has 1 amide bonds. The molecule has 0 saturated carbocycles. The third-order valence-corrected chi connectivity index (χ3v) is 2.03. The summed E-state index contributed by atoms with van der Waals surface area (Å²) < 4.78 is 12.9. The fourth-order valence-electron chi connectivity index (χ4n) is 1.01. The predicted molar refractivity (Wildman–Crippen MR) is 58.0 cm³/mol. The fraction of sp³-hybridized carbons (Fsp3) is 0.364. The number of nitrogens with two attached hydrogens (primary N) is 1. The Morgan fingerprint density at radius 1 is 1.47 bits per heavy atom. The number of hydrogen-bond donors (Lipinski definition) is 2. The Bertz CT molecular complexity index is 383. The van der Waals surface area contributed by atoms with Crippen molar-refractivity contribution in [1.29, 1.82) is 0 Å². The topological polar surface area (TPSA) is 55.1 Å². The van der Waals surface area contributed by atoms with Gasteiger partial charge in [-0.15, -0.1) is 0 Å². The van der Waals surface area contributed by atoms with Crippen LogP contribution in [0.5, 0.6) is 0 Å². The van der Waals surface area contributed by atoms with Gasteiger partial charge in [-0.2, -0.15) is 0 Å². The number of carbonyl (C=O) groups excluding carboxylic acids is 1. The van der Waals surface area contributed by atoms with E-state index in [2.05, 4.69) is 5.32 Å². The summed E-state index contributed by atoms with van der Waals surface area (Å²) in [7, 11) is 0. The molecule has 0 aliphatic heterocycles. The minimum atomic E-state index is -0.973. The Hall–Kier alpha value is -1.42. The van der Waals surface area contributed by atoms with Crippen LogP contribution in [0.15, 0.2) is 18.2 Å². The molecule has 1 rings (SSSR count). The van der Waals surface area contributed by atoms with Crippen molar-refractivity contribution in [2.24, 2.45) is 5.73 Å². The summed E-state index contributed by atoms with van der Waals surface area (Å²) in [6, 6.07) is 4.23. The molecule has 0 unspecified atom stereocenters. The van der Waals surface area contributed by atoms with Crippen LogP contribution in [0.25, 0.3) is 0 Å². The predicted octanol–water partition coefficient (Wildman–Crippen LogP) is 1.81. The van der Waals surface area contributed by atoms with E-state index < -0.39 is 5.54 Å². The van der Waals surface area contributed by atoms with Crippen LogP contribution in [0.1, 0.15) is 19.4 Å². The van der Waals surface area contributed by atoms with Gasteiger partial charge in [-0.25, -0.2) is 4.39 Å². The van der Waals surface area contributed by atoms with E-state index in [0.29, 0.717) is 5.69 Å². The molecule has 0 saturated heterocycles. The van der Waals surface area contributed by atoms with Crippen molar-refractivity contribution in [1.82, 2.24) is 0 Å². The molecule has 0 heterocycles. The van der Waals surface area contributed by atoms with Gasteiger partial charge in [0.25, 0.3) is 0 Å². The van der Waals surface area contributed by atoms with Gasteiger partial charge in [0, 0.05) is 5.69 Å². The maximum Gasteiger partial charge on any atom is 0.243 e. The largest absolute Gasteiger partial charge is 0.324 e. The summed E-state index contributed by atoms with van der Waals surface area (Å²) in [6.07, 6.45) is 0. The molecule has 0 aromatic heterocycles. The number of aryl methyl sites for hydroxylation is 1. The van der Waals surface area contributed by atoms with Crippen molar-refractivity contribution in [2.45, 2.75) is 26.3 Å². The van der Waals surface area contributed by atoms with Gasteiger partial charge in [-0.05, 0) is 38.5 Å². The SMILES string of the molecule is Cc1ccc(F)cc1NC(=O)C(C)(C)N. The highest BCUT2D eigenvalue weighted by molar-refractivity contribution is 5.97. The van der Waals surface area contributed by atoms with E-state index in [4.69, 9.17) is 5.73 Å². The number of rotatable bonds is 2. The lowest BCUT2D eigenvalue weighted by atomic mass is 10.1. The Morgan fingerprint density at radius 3 is 2.60 bits per heavy atom. The van der Waals surface area contributed by atoms with Gasteiger partial charge in [0.15, 0.2) is 0 Å². The van der Waals surface area contributed by atoms with Crippen LogP contribution in [0.3, 0.4) is 0 Å². The Kier molecular flexibility index (Phi) is 3.09. The van der Waals surface area contributed by atoms with Crippen LogP contribution in [-0.4, -0.2) is 11.4 Å². The molecule has 0 aliphatic carbocycles. The first-order valence-corrected chi connectivity index (χ1v) is 4.67. The molecule has 82 valence electrons. The third-order valence-electron chi connectivity index (χ3n) is 2.03. The number of benzene rings is 1. The second kappa shape index (κ2) is 3.98. The second-order valence-electron chi connectivity index (χ2n) is 4.14. The number of anilines is 1. The Labute approximate surface area is 88.5 Å². The molecule has 0 fully saturated rings. The van der Waals surface area contributed by atoms with Crippen molar-refractivity contribution in [2.75, 3.05) is 5.32 Å². The van der Waals surface area contributed by atoms with E-state index in [1.54, 1.807) is 26.8 Å². The van der Waals surface area contributed by atoms with Crippen LogP contribution in [-0.2, 0) is 4.79 Å². The highest BCUT2D eigenvalue weighted by atomic mass is 19.1. The van der Waals surface area contributed by atoms with Crippen molar-refractivity contribution >= 4 is 11.6 Å². The standard InChI is InChI=1S/C11H15FN2O/c1-7-4-5-8(12)6-9(7)14-10(15)11(2,3)13/h4-6H,13H2,1-3H3,(H,14,15). The minimum Gasteiger partial charge on any atom is -0.324 e. The Balaban J connectivity index is 2.90. The zero-order valence-electron chi connectivity index (χ0n) is 9.10. The van der Waals surface area contributed by atoms with Crippen LogP contribution < -0.4 is 11.1 Å². The lowest BCUT2D eigenvalue weighted by Crippen LogP contribution is -2.45. The molecule has 0 aliphatic rings. The van der Waals surface area contributed by atoms with E-state index in [1.165, 1.54) is 12.1 Å². The first-order chi connectivity index (χ1) is 6.80. The summed E-state index contributed by atoms with van der Waals surface area (Å²) in [4.78, 5) is 11.5. The molecule has 3 N–H and O–H groups in total. The van der Waals surface area contributed by atoms with Gasteiger partial charge in [-0.1, -0.05) is 6.07 Å². The van der Waals surface area contributed by atoms with Gasteiger partial charge >= 0.3 is 0 Å².